The fourth-order valence-electron chi connectivity index (χ4n) is 3.11. The largest absolute Gasteiger partial charge is 0.417 e. The summed E-state index contributed by atoms with van der Waals surface area (Å²) in [5, 5.41) is 2.24. The Balaban J connectivity index is 1.91. The Hall–Kier alpha value is -2.30. The fourth-order valence-corrected chi connectivity index (χ4v) is 5.04. The first-order valence-corrected chi connectivity index (χ1v) is 12.5. The summed E-state index contributed by atoms with van der Waals surface area (Å²) >= 11 is 17.6. The number of sulfonamides is 1. The number of alkyl halides is 3. The van der Waals surface area contributed by atoms with Gasteiger partial charge in [0.1, 0.15) is 0 Å². The minimum absolute atomic E-state index is 0.0539. The van der Waals surface area contributed by atoms with Crippen LogP contribution in [-0.4, -0.2) is 25.2 Å². The van der Waals surface area contributed by atoms with Crippen LogP contribution in [0.25, 0.3) is 0 Å². The van der Waals surface area contributed by atoms with Gasteiger partial charge in [0, 0.05) is 12.2 Å². The summed E-state index contributed by atoms with van der Waals surface area (Å²) < 4.78 is 67.0. The number of carbonyl (C=O) groups excluding carboxylic acids is 1. The minimum Gasteiger partial charge on any atom is -0.325 e. The van der Waals surface area contributed by atoms with Crippen LogP contribution in [-0.2, 0) is 27.5 Å². The molecule has 0 fully saturated rings. The molecule has 0 aliphatic carbocycles. The molecule has 1 amide bonds. The highest BCUT2D eigenvalue weighted by atomic mass is 35.5. The molecule has 0 saturated carbocycles. The lowest BCUT2D eigenvalue weighted by atomic mass is 10.2. The number of rotatable bonds is 7. The first-order valence-electron chi connectivity index (χ1n) is 9.95. The number of nitrogens with one attached hydrogen (secondary N) is 1. The number of hydrogen-bond acceptors (Lipinski definition) is 3. The van der Waals surface area contributed by atoms with Gasteiger partial charge in [0.25, 0.3) is 0 Å². The number of benzene rings is 3. The summed E-state index contributed by atoms with van der Waals surface area (Å²) in [5.74, 6) is -0.851. The number of amides is 1. The van der Waals surface area contributed by atoms with E-state index in [1.807, 2.05) is 0 Å². The molecule has 0 spiro atoms. The molecule has 3 aromatic carbocycles. The molecule has 186 valence electrons. The van der Waals surface area contributed by atoms with Crippen LogP contribution < -0.4 is 5.32 Å². The van der Waals surface area contributed by atoms with Gasteiger partial charge in [-0.2, -0.15) is 17.5 Å². The molecule has 3 rings (SSSR count). The van der Waals surface area contributed by atoms with Crippen LogP contribution >= 0.6 is 34.8 Å². The summed E-state index contributed by atoms with van der Waals surface area (Å²) in [6.07, 6.45) is -4.73. The lowest BCUT2D eigenvalue weighted by molar-refractivity contribution is -0.137. The second-order valence-corrected chi connectivity index (χ2v) is 10.7. The van der Waals surface area contributed by atoms with Crippen molar-refractivity contribution in [2.45, 2.75) is 24.5 Å². The van der Waals surface area contributed by atoms with E-state index in [2.05, 4.69) is 5.32 Å². The van der Waals surface area contributed by atoms with Crippen molar-refractivity contribution in [3.63, 3.8) is 0 Å². The molecule has 1 N–H and O–H groups in total. The van der Waals surface area contributed by atoms with E-state index in [9.17, 15) is 26.4 Å². The highest BCUT2D eigenvalue weighted by Gasteiger charge is 2.34. The molecule has 35 heavy (non-hydrogen) atoms. The van der Waals surface area contributed by atoms with Crippen LogP contribution in [0.3, 0.4) is 0 Å². The zero-order valence-corrected chi connectivity index (χ0v) is 21.1. The van der Waals surface area contributed by atoms with Crippen molar-refractivity contribution >= 4 is 56.4 Å². The lowest BCUT2D eigenvalue weighted by Crippen LogP contribution is -2.37. The number of carbonyl (C=O) groups is 1. The van der Waals surface area contributed by atoms with Crippen molar-refractivity contribution in [1.29, 1.82) is 0 Å². The molecular weight excluding hydrogens is 548 g/mol. The maximum Gasteiger partial charge on any atom is 0.417 e. The van der Waals surface area contributed by atoms with Crippen LogP contribution in [0, 0.1) is 6.92 Å². The Labute approximate surface area is 215 Å². The van der Waals surface area contributed by atoms with Crippen LogP contribution in [0.15, 0.2) is 65.6 Å². The first-order chi connectivity index (χ1) is 16.3. The maximum atomic E-state index is 13.3. The predicted octanol–water partition coefficient (Wildman–Crippen LogP) is 6.80. The number of nitrogens with zero attached hydrogens (tertiary/aromatic N) is 1. The summed E-state index contributed by atoms with van der Waals surface area (Å²) in [5.41, 5.74) is -0.0273. The van der Waals surface area contributed by atoms with Gasteiger partial charge in [0.15, 0.2) is 0 Å². The molecule has 5 nitrogen and oxygen atoms in total. The molecular formula is C23H18Cl3F3N2O3S. The Morgan fingerprint density at radius 2 is 1.54 bits per heavy atom. The Morgan fingerprint density at radius 3 is 2.14 bits per heavy atom. The van der Waals surface area contributed by atoms with E-state index in [1.165, 1.54) is 30.3 Å². The highest BCUT2D eigenvalue weighted by Crippen LogP contribution is 2.36. The molecule has 0 radical (unpaired) electrons. The number of hydrogen-bond donors (Lipinski definition) is 1. The summed E-state index contributed by atoms with van der Waals surface area (Å²) in [6, 6.07) is 13.4. The van der Waals surface area contributed by atoms with Crippen molar-refractivity contribution in [1.82, 2.24) is 4.31 Å². The quantitative estimate of drug-likeness (QED) is 0.342. The molecule has 0 aliphatic rings. The Morgan fingerprint density at radius 1 is 0.914 bits per heavy atom. The lowest BCUT2D eigenvalue weighted by Gasteiger charge is -2.22. The average Bonchev–Trinajstić information content (AvgIpc) is 2.76. The maximum absolute atomic E-state index is 13.3. The molecule has 0 aromatic heterocycles. The van der Waals surface area contributed by atoms with E-state index in [0.717, 1.165) is 15.9 Å². The zero-order chi connectivity index (χ0) is 26.0. The van der Waals surface area contributed by atoms with Crippen molar-refractivity contribution in [3.8, 4) is 0 Å². The van der Waals surface area contributed by atoms with Gasteiger partial charge in [-0.25, -0.2) is 8.42 Å². The van der Waals surface area contributed by atoms with Crippen LogP contribution in [0.1, 0.15) is 16.7 Å². The van der Waals surface area contributed by atoms with Crippen LogP contribution in [0.4, 0.5) is 18.9 Å². The smallest absolute Gasteiger partial charge is 0.325 e. The van der Waals surface area contributed by atoms with E-state index in [4.69, 9.17) is 34.8 Å². The van der Waals surface area contributed by atoms with E-state index in [0.29, 0.717) is 11.6 Å². The van der Waals surface area contributed by atoms with E-state index in [1.54, 1.807) is 25.1 Å². The number of anilines is 1. The summed E-state index contributed by atoms with van der Waals surface area (Å²) in [6.45, 7) is 0.869. The predicted molar refractivity (Wildman–Crippen MR) is 130 cm³/mol. The van der Waals surface area contributed by atoms with Crippen LogP contribution in [0.5, 0.6) is 0 Å². The van der Waals surface area contributed by atoms with Crippen molar-refractivity contribution < 1.29 is 26.4 Å². The molecule has 0 unspecified atom stereocenters. The van der Waals surface area contributed by atoms with E-state index >= 15 is 0 Å². The van der Waals surface area contributed by atoms with Crippen molar-refractivity contribution in [2.75, 3.05) is 11.9 Å². The SMILES string of the molecule is Cc1ccc(S(=O)(=O)N(CC(=O)Nc2ccc(Cl)c(C(F)(F)F)c2)Cc2ccc(Cl)c(Cl)c2)cc1. The van der Waals surface area contributed by atoms with Gasteiger partial charge in [-0.3, -0.25) is 4.79 Å². The molecule has 12 heteroatoms. The first kappa shape index (κ1) is 27.3. The third kappa shape index (κ3) is 6.89. The van der Waals surface area contributed by atoms with Crippen LogP contribution in [0.2, 0.25) is 15.1 Å². The molecule has 0 atom stereocenters. The van der Waals surface area contributed by atoms with Gasteiger partial charge >= 0.3 is 6.18 Å². The van der Waals surface area contributed by atoms with Gasteiger partial charge in [-0.05, 0) is 55.0 Å². The van der Waals surface area contributed by atoms with Crippen molar-refractivity contribution in [2.24, 2.45) is 0 Å². The third-order valence-electron chi connectivity index (χ3n) is 4.88. The fraction of sp³-hybridized carbons (Fsp3) is 0.174. The Kier molecular flexibility index (Phi) is 8.39. The molecule has 3 aromatic rings. The van der Waals surface area contributed by atoms with E-state index < -0.39 is 39.2 Å². The number of halogens is 6. The average molecular weight is 566 g/mol. The van der Waals surface area contributed by atoms with Gasteiger partial charge < -0.3 is 5.32 Å². The number of aryl methyl sites for hydroxylation is 1. The normalized spacial score (nSPS) is 12.1. The molecule has 0 bridgehead atoms. The second kappa shape index (κ2) is 10.8. The monoisotopic (exact) mass is 564 g/mol. The van der Waals surface area contributed by atoms with Gasteiger partial charge in [0.05, 0.1) is 32.1 Å². The summed E-state index contributed by atoms with van der Waals surface area (Å²) in [4.78, 5) is 12.7. The van der Waals surface area contributed by atoms with E-state index in [-0.39, 0.29) is 27.2 Å². The minimum atomic E-state index is -4.73. The van der Waals surface area contributed by atoms with Gasteiger partial charge in [-0.15, -0.1) is 0 Å². The Bertz CT molecular complexity index is 1350. The molecule has 0 saturated heterocycles. The third-order valence-corrected chi connectivity index (χ3v) is 7.75. The second-order valence-electron chi connectivity index (χ2n) is 7.58. The zero-order valence-electron chi connectivity index (χ0n) is 18.0. The van der Waals surface area contributed by atoms with Gasteiger partial charge in [0.2, 0.25) is 15.9 Å². The molecule has 0 heterocycles. The standard InChI is InChI=1S/C23H18Cl3F3N2O3S/c1-14-2-6-17(7-3-14)35(33,34)31(12-15-4-8-20(25)21(26)10-15)13-22(32)30-16-5-9-19(24)18(11-16)23(27,28)29/h2-11H,12-13H2,1H3,(H,30,32). The van der Waals surface area contributed by atoms with Gasteiger partial charge in [-0.1, -0.05) is 58.6 Å². The highest BCUT2D eigenvalue weighted by molar-refractivity contribution is 7.89. The topological polar surface area (TPSA) is 66.5 Å². The summed E-state index contributed by atoms with van der Waals surface area (Å²) in [7, 11) is -4.17. The molecule has 0 aliphatic heterocycles. The van der Waals surface area contributed by atoms with Crippen molar-refractivity contribution in [3.05, 3.63) is 92.4 Å².